The Bertz CT molecular complexity index is 1450. The van der Waals surface area contributed by atoms with Crippen LogP contribution in [0.15, 0.2) is 83.5 Å². The molecule has 1 aromatic carbocycles. The molecule has 0 saturated heterocycles. The molecule has 0 N–H and O–H groups in total. The van der Waals surface area contributed by atoms with Crippen LogP contribution in [0.25, 0.3) is 11.6 Å². The second kappa shape index (κ2) is 12.4. The number of fused-ring (bicyclic) bond motifs is 2. The molecule has 0 amide bonds. The monoisotopic (exact) mass is 516 g/mol. The highest BCUT2D eigenvalue weighted by molar-refractivity contribution is 5.76. The quantitative estimate of drug-likeness (QED) is 0.317. The molecular formula is C39H48. The summed E-state index contributed by atoms with van der Waals surface area (Å²) in [6.07, 6.45) is 30.7. The minimum atomic E-state index is 0.0851. The van der Waals surface area contributed by atoms with Crippen LogP contribution in [0.3, 0.4) is 0 Å². The Morgan fingerprint density at radius 2 is 1.82 bits per heavy atom. The van der Waals surface area contributed by atoms with E-state index in [1.54, 1.807) is 0 Å². The topological polar surface area (TPSA) is 0 Å². The second-order valence-corrected chi connectivity index (χ2v) is 12.0. The zero-order valence-electron chi connectivity index (χ0n) is 25.5. The van der Waals surface area contributed by atoms with Crippen LogP contribution >= 0.6 is 0 Å². The average molecular weight is 517 g/mol. The third-order valence-electron chi connectivity index (χ3n) is 9.53. The Balaban J connectivity index is 1.60. The van der Waals surface area contributed by atoms with E-state index in [2.05, 4.69) is 133 Å². The molecule has 0 heteroatoms. The summed E-state index contributed by atoms with van der Waals surface area (Å²) < 4.78 is 0. The van der Waals surface area contributed by atoms with Crippen LogP contribution in [0.1, 0.15) is 98.1 Å². The van der Waals surface area contributed by atoms with Crippen molar-refractivity contribution >= 4 is 11.6 Å². The van der Waals surface area contributed by atoms with E-state index in [1.165, 1.54) is 56.7 Å². The number of hydrogen-bond donors (Lipinski definition) is 0. The summed E-state index contributed by atoms with van der Waals surface area (Å²) in [4.78, 5) is 0. The van der Waals surface area contributed by atoms with Gasteiger partial charge in [0, 0.05) is 17.4 Å². The van der Waals surface area contributed by atoms with E-state index in [1.807, 2.05) is 0 Å². The third kappa shape index (κ3) is 5.79. The minimum absolute atomic E-state index is 0.0851. The summed E-state index contributed by atoms with van der Waals surface area (Å²) in [6.45, 7) is 16.3. The Morgan fingerprint density at radius 1 is 1.00 bits per heavy atom. The number of benzene rings is 1. The van der Waals surface area contributed by atoms with Crippen molar-refractivity contribution in [3.63, 3.8) is 0 Å². The molecular weight excluding hydrogens is 468 g/mol. The van der Waals surface area contributed by atoms with Crippen LogP contribution in [0, 0.1) is 28.6 Å². The van der Waals surface area contributed by atoms with Crippen molar-refractivity contribution in [3.8, 4) is 11.8 Å². The van der Waals surface area contributed by atoms with Gasteiger partial charge in [-0.2, -0.15) is 0 Å². The molecule has 39 heavy (non-hydrogen) atoms. The Kier molecular flexibility index (Phi) is 9.23. The van der Waals surface area contributed by atoms with Crippen LogP contribution in [0.2, 0.25) is 0 Å². The molecule has 0 radical (unpaired) electrons. The molecule has 3 aliphatic carbocycles. The van der Waals surface area contributed by atoms with Gasteiger partial charge >= 0.3 is 0 Å². The van der Waals surface area contributed by atoms with Crippen LogP contribution in [0.5, 0.6) is 0 Å². The van der Waals surface area contributed by atoms with Gasteiger partial charge in [-0.1, -0.05) is 127 Å². The van der Waals surface area contributed by atoms with Crippen molar-refractivity contribution in [3.05, 3.63) is 105 Å². The van der Waals surface area contributed by atoms with E-state index < -0.39 is 0 Å². The summed E-state index contributed by atoms with van der Waals surface area (Å²) in [5.41, 5.74) is 8.68. The first-order valence-electron chi connectivity index (χ1n) is 15.3. The van der Waals surface area contributed by atoms with Gasteiger partial charge in [0.2, 0.25) is 0 Å². The summed E-state index contributed by atoms with van der Waals surface area (Å²) in [5, 5.41) is 2.80. The molecule has 0 fully saturated rings. The normalized spacial score (nSPS) is 26.2. The van der Waals surface area contributed by atoms with E-state index in [-0.39, 0.29) is 10.8 Å². The van der Waals surface area contributed by atoms with Gasteiger partial charge in [0.15, 0.2) is 0 Å². The molecule has 0 bridgehead atoms. The standard InChI is InChI=1S/C39H48/c1-8-12-20-34-24-21-30(28-33(9-2)39(34,7)11-4)18-14-13-15-19-31-22-23-32-25-27-38(6)26-16-17-29(5)37(38)36(32)35(31)10-3/h12,14,16-18,20-26,33H,8-11,13,27-28H2,1-7H3/b18-14-,20-12-. The molecule has 204 valence electrons. The number of hydrogen-bond acceptors (Lipinski definition) is 0. The van der Waals surface area contributed by atoms with Crippen LogP contribution in [-0.4, -0.2) is 0 Å². The van der Waals surface area contributed by atoms with Gasteiger partial charge in [-0.25, -0.2) is 0 Å². The lowest BCUT2D eigenvalue weighted by molar-refractivity contribution is 0.226. The summed E-state index contributed by atoms with van der Waals surface area (Å²) in [7, 11) is 0. The molecule has 0 heterocycles. The summed E-state index contributed by atoms with van der Waals surface area (Å²) in [5.74, 6) is 7.68. The first kappa shape index (κ1) is 29.0. The Labute approximate surface area is 238 Å². The van der Waals surface area contributed by atoms with Gasteiger partial charge in [0.1, 0.15) is 0 Å². The lowest BCUT2D eigenvalue weighted by Crippen LogP contribution is -2.40. The molecule has 1 aromatic rings. The van der Waals surface area contributed by atoms with Crippen LogP contribution in [0.4, 0.5) is 0 Å². The summed E-state index contributed by atoms with van der Waals surface area (Å²) in [6, 6.07) is 4.53. The highest BCUT2D eigenvalue weighted by Gasteiger charge is 2.35. The fourth-order valence-corrected chi connectivity index (χ4v) is 6.93. The molecule has 0 aliphatic heterocycles. The maximum Gasteiger partial charge on any atom is 0.0283 e. The smallest absolute Gasteiger partial charge is 0.0283 e. The molecule has 3 unspecified atom stereocenters. The highest BCUT2D eigenvalue weighted by Crippen LogP contribution is 2.46. The lowest BCUT2D eigenvalue weighted by Gasteiger charge is -2.37. The first-order valence-corrected chi connectivity index (χ1v) is 15.3. The molecule has 0 saturated carbocycles. The molecule has 3 atom stereocenters. The van der Waals surface area contributed by atoms with Gasteiger partial charge in [-0.15, -0.1) is 0 Å². The van der Waals surface area contributed by atoms with Crippen LogP contribution < -0.4 is 10.4 Å². The number of allylic oxidation sites excluding steroid dienone is 12. The predicted molar refractivity (Wildman–Crippen MR) is 172 cm³/mol. The molecule has 0 aromatic heterocycles. The van der Waals surface area contributed by atoms with Crippen molar-refractivity contribution in [2.45, 2.75) is 93.4 Å². The van der Waals surface area contributed by atoms with E-state index in [4.69, 9.17) is 0 Å². The van der Waals surface area contributed by atoms with Gasteiger partial charge in [-0.05, 0) is 94.7 Å². The second-order valence-electron chi connectivity index (χ2n) is 12.0. The van der Waals surface area contributed by atoms with E-state index in [9.17, 15) is 0 Å². The van der Waals surface area contributed by atoms with Crippen LogP contribution in [-0.2, 0) is 6.42 Å². The average Bonchev–Trinajstić information content (AvgIpc) is 3.07. The predicted octanol–water partition coefficient (Wildman–Crippen LogP) is 9.07. The van der Waals surface area contributed by atoms with E-state index in [0.717, 1.165) is 32.1 Å². The van der Waals surface area contributed by atoms with Gasteiger partial charge < -0.3 is 0 Å². The fraction of sp³-hybridized carbons (Fsp3) is 0.436. The molecule has 3 aliphatic rings. The fourth-order valence-electron chi connectivity index (χ4n) is 6.93. The third-order valence-corrected chi connectivity index (χ3v) is 9.53. The highest BCUT2D eigenvalue weighted by atomic mass is 14.4. The van der Waals surface area contributed by atoms with Gasteiger partial charge in [0.05, 0.1) is 0 Å². The van der Waals surface area contributed by atoms with Gasteiger partial charge in [-0.3, -0.25) is 0 Å². The number of rotatable bonds is 7. The first-order chi connectivity index (χ1) is 18.8. The van der Waals surface area contributed by atoms with Gasteiger partial charge in [0.25, 0.3) is 0 Å². The molecule has 4 rings (SSSR count). The zero-order chi connectivity index (χ0) is 28.0. The Hall–Kier alpha value is -3.04. The van der Waals surface area contributed by atoms with Crippen molar-refractivity contribution < 1.29 is 0 Å². The minimum Gasteiger partial charge on any atom is -0.0937 e. The van der Waals surface area contributed by atoms with E-state index >= 15 is 0 Å². The maximum atomic E-state index is 3.55. The van der Waals surface area contributed by atoms with Crippen molar-refractivity contribution in [2.75, 3.05) is 0 Å². The lowest BCUT2D eigenvalue weighted by atomic mass is 9.67. The zero-order valence-corrected chi connectivity index (χ0v) is 25.5. The van der Waals surface area contributed by atoms with Crippen molar-refractivity contribution in [1.82, 2.24) is 0 Å². The van der Waals surface area contributed by atoms with Crippen molar-refractivity contribution in [2.24, 2.45) is 16.7 Å². The van der Waals surface area contributed by atoms with E-state index in [0.29, 0.717) is 5.92 Å². The molecule has 0 nitrogen and oxygen atoms in total. The Morgan fingerprint density at radius 3 is 2.54 bits per heavy atom. The summed E-state index contributed by atoms with van der Waals surface area (Å²) >= 11 is 0. The maximum absolute atomic E-state index is 3.55. The van der Waals surface area contributed by atoms with Crippen molar-refractivity contribution in [1.29, 1.82) is 0 Å². The SMILES string of the molecule is CC/C=C\C1=CC=C(/C=C\CC#Cc2ccc3c(c2CC)=C2C(C)=CC=CC2(C)CC=3)CC(CC)C1(C)CC. The largest absolute Gasteiger partial charge is 0.0937 e. The molecule has 0 spiro atoms.